The topological polar surface area (TPSA) is 12.0 Å². The van der Waals surface area contributed by atoms with Crippen molar-refractivity contribution >= 4 is 68.0 Å². The molecule has 19 heavy (non-hydrogen) atoms. The van der Waals surface area contributed by atoms with Gasteiger partial charge in [0.1, 0.15) is 0 Å². The van der Waals surface area contributed by atoms with Crippen LogP contribution >= 0.6 is 62.3 Å². The summed E-state index contributed by atoms with van der Waals surface area (Å²) < 4.78 is 0.836. The molecule has 6 heteroatoms. The van der Waals surface area contributed by atoms with Gasteiger partial charge in [0.15, 0.2) is 0 Å². The molecule has 2 aromatic rings. The van der Waals surface area contributed by atoms with Gasteiger partial charge in [-0.2, -0.15) is 0 Å². The van der Waals surface area contributed by atoms with Crippen molar-refractivity contribution in [3.05, 3.63) is 60.5 Å². The molecule has 1 nitrogen and oxygen atoms in total. The lowest BCUT2D eigenvalue weighted by Crippen LogP contribution is -2.00. The van der Waals surface area contributed by atoms with E-state index in [2.05, 4.69) is 21.2 Å². The van der Waals surface area contributed by atoms with Gasteiger partial charge >= 0.3 is 0 Å². The summed E-state index contributed by atoms with van der Waals surface area (Å²) in [5.41, 5.74) is 1.68. The molecule has 0 aliphatic heterocycles. The SMILES string of the molecule is Clc1ccc(CNc2c(Cl)cc(Br)cc2Cl)cc1Cl. The van der Waals surface area contributed by atoms with Gasteiger partial charge in [-0.15, -0.1) is 0 Å². The van der Waals surface area contributed by atoms with E-state index in [0.717, 1.165) is 10.0 Å². The first-order valence-electron chi connectivity index (χ1n) is 5.29. The molecule has 0 amide bonds. The van der Waals surface area contributed by atoms with E-state index < -0.39 is 0 Å². The molecule has 0 fully saturated rings. The summed E-state index contributed by atoms with van der Waals surface area (Å²) in [4.78, 5) is 0. The maximum absolute atomic E-state index is 6.13. The van der Waals surface area contributed by atoms with E-state index in [4.69, 9.17) is 46.4 Å². The molecule has 0 aromatic heterocycles. The minimum atomic E-state index is 0.522. The highest BCUT2D eigenvalue weighted by Gasteiger charge is 2.07. The van der Waals surface area contributed by atoms with E-state index in [1.54, 1.807) is 24.3 Å². The predicted molar refractivity (Wildman–Crippen MR) is 88.0 cm³/mol. The average molecular weight is 400 g/mol. The third kappa shape index (κ3) is 3.93. The fraction of sp³-hybridized carbons (Fsp3) is 0.0769. The van der Waals surface area contributed by atoms with Gasteiger partial charge in [0, 0.05) is 11.0 Å². The first-order chi connectivity index (χ1) is 8.97. The largest absolute Gasteiger partial charge is 0.379 e. The predicted octanol–water partition coefficient (Wildman–Crippen LogP) is 6.67. The van der Waals surface area contributed by atoms with Gasteiger partial charge in [0.2, 0.25) is 0 Å². The summed E-state index contributed by atoms with van der Waals surface area (Å²) in [5.74, 6) is 0. The highest BCUT2D eigenvalue weighted by molar-refractivity contribution is 9.10. The van der Waals surface area contributed by atoms with Crippen molar-refractivity contribution in [2.75, 3.05) is 5.32 Å². The Balaban J connectivity index is 2.16. The zero-order chi connectivity index (χ0) is 14.0. The number of rotatable bonds is 3. The second-order valence-corrected chi connectivity index (χ2v) is 6.39. The van der Waals surface area contributed by atoms with Crippen LogP contribution in [0.15, 0.2) is 34.8 Å². The van der Waals surface area contributed by atoms with Crippen LogP contribution in [-0.2, 0) is 6.54 Å². The molecular weight excluding hydrogens is 392 g/mol. The molecule has 0 aliphatic rings. The third-order valence-corrected chi connectivity index (χ3v) is 4.25. The number of hydrogen-bond donors (Lipinski definition) is 1. The number of halogens is 5. The second kappa shape index (κ2) is 6.55. The van der Waals surface area contributed by atoms with Crippen molar-refractivity contribution in [3.8, 4) is 0 Å². The first kappa shape index (κ1) is 15.3. The van der Waals surface area contributed by atoms with Gasteiger partial charge in [-0.3, -0.25) is 0 Å². The molecule has 100 valence electrons. The van der Waals surface area contributed by atoms with Crippen LogP contribution in [0.25, 0.3) is 0 Å². The van der Waals surface area contributed by atoms with Crippen LogP contribution < -0.4 is 5.32 Å². The lowest BCUT2D eigenvalue weighted by Gasteiger charge is -2.11. The van der Waals surface area contributed by atoms with E-state index in [9.17, 15) is 0 Å². The van der Waals surface area contributed by atoms with Gasteiger partial charge in [-0.1, -0.05) is 68.4 Å². The van der Waals surface area contributed by atoms with E-state index in [0.29, 0.717) is 32.3 Å². The Morgan fingerprint density at radius 2 is 1.47 bits per heavy atom. The van der Waals surface area contributed by atoms with Crippen LogP contribution in [0.1, 0.15) is 5.56 Å². The molecule has 0 saturated carbocycles. The second-order valence-electron chi connectivity index (χ2n) is 3.85. The molecular formula is C13H8BrCl4N. The zero-order valence-electron chi connectivity index (χ0n) is 9.48. The van der Waals surface area contributed by atoms with Crippen molar-refractivity contribution in [2.24, 2.45) is 0 Å². The zero-order valence-corrected chi connectivity index (χ0v) is 14.1. The molecule has 0 atom stereocenters. The Bertz CT molecular complexity index is 593. The molecule has 2 aromatic carbocycles. The van der Waals surface area contributed by atoms with Crippen LogP contribution in [0.2, 0.25) is 20.1 Å². The fourth-order valence-corrected chi connectivity index (χ4v) is 3.21. The van der Waals surface area contributed by atoms with Crippen LogP contribution in [0, 0.1) is 0 Å². The minimum absolute atomic E-state index is 0.522. The molecule has 0 saturated heterocycles. The van der Waals surface area contributed by atoms with Crippen LogP contribution in [-0.4, -0.2) is 0 Å². The Hall–Kier alpha value is -0.120. The Kier molecular flexibility index (Phi) is 5.27. The highest BCUT2D eigenvalue weighted by atomic mass is 79.9. The molecule has 0 radical (unpaired) electrons. The molecule has 2 rings (SSSR count). The smallest absolute Gasteiger partial charge is 0.0722 e. The molecule has 0 heterocycles. The number of hydrogen-bond acceptors (Lipinski definition) is 1. The van der Waals surface area contributed by atoms with Crippen molar-refractivity contribution in [1.82, 2.24) is 0 Å². The van der Waals surface area contributed by atoms with Gasteiger partial charge in [0.05, 0.1) is 25.8 Å². The Labute approximate surface area is 139 Å². The van der Waals surface area contributed by atoms with Crippen molar-refractivity contribution in [1.29, 1.82) is 0 Å². The lowest BCUT2D eigenvalue weighted by molar-refractivity contribution is 1.15. The molecule has 0 bridgehead atoms. The first-order valence-corrected chi connectivity index (χ1v) is 7.60. The summed E-state index contributed by atoms with van der Waals surface area (Å²) >= 11 is 27.4. The maximum atomic E-state index is 6.13. The minimum Gasteiger partial charge on any atom is -0.379 e. The van der Waals surface area contributed by atoms with E-state index in [1.165, 1.54) is 0 Å². The molecule has 1 N–H and O–H groups in total. The van der Waals surface area contributed by atoms with E-state index in [1.807, 2.05) is 6.07 Å². The third-order valence-electron chi connectivity index (χ3n) is 2.46. The van der Waals surface area contributed by atoms with Crippen LogP contribution in [0.5, 0.6) is 0 Å². The number of benzene rings is 2. The van der Waals surface area contributed by atoms with Gasteiger partial charge in [-0.05, 0) is 29.8 Å². The number of nitrogens with one attached hydrogen (secondary N) is 1. The fourth-order valence-electron chi connectivity index (χ4n) is 1.55. The molecule has 0 spiro atoms. The van der Waals surface area contributed by atoms with E-state index in [-0.39, 0.29) is 0 Å². The van der Waals surface area contributed by atoms with Crippen LogP contribution in [0.4, 0.5) is 5.69 Å². The van der Waals surface area contributed by atoms with Gasteiger partial charge in [-0.25, -0.2) is 0 Å². The van der Waals surface area contributed by atoms with Crippen molar-refractivity contribution in [3.63, 3.8) is 0 Å². The Morgan fingerprint density at radius 3 is 2.05 bits per heavy atom. The van der Waals surface area contributed by atoms with E-state index >= 15 is 0 Å². The van der Waals surface area contributed by atoms with Gasteiger partial charge in [0.25, 0.3) is 0 Å². The van der Waals surface area contributed by atoms with Crippen molar-refractivity contribution < 1.29 is 0 Å². The average Bonchev–Trinajstić information content (AvgIpc) is 2.32. The summed E-state index contributed by atoms with van der Waals surface area (Å²) in [5, 5.41) is 5.35. The maximum Gasteiger partial charge on any atom is 0.0722 e. The van der Waals surface area contributed by atoms with Crippen LogP contribution in [0.3, 0.4) is 0 Å². The summed E-state index contributed by atoms with van der Waals surface area (Å²) in [6.45, 7) is 0.554. The summed E-state index contributed by atoms with van der Waals surface area (Å²) in [6, 6.07) is 9.01. The molecule has 0 unspecified atom stereocenters. The Morgan fingerprint density at radius 1 is 0.842 bits per heavy atom. The van der Waals surface area contributed by atoms with Gasteiger partial charge < -0.3 is 5.32 Å². The number of anilines is 1. The summed E-state index contributed by atoms with van der Waals surface area (Å²) in [6.07, 6.45) is 0. The molecule has 0 aliphatic carbocycles. The lowest BCUT2D eigenvalue weighted by atomic mass is 10.2. The highest BCUT2D eigenvalue weighted by Crippen LogP contribution is 2.34. The standard InChI is InChI=1S/C13H8BrCl4N/c14-8-4-11(17)13(12(18)5-8)19-6-7-1-2-9(15)10(16)3-7/h1-5,19H,6H2. The monoisotopic (exact) mass is 397 g/mol. The quantitative estimate of drug-likeness (QED) is 0.607. The normalized spacial score (nSPS) is 10.6. The van der Waals surface area contributed by atoms with Crippen molar-refractivity contribution in [2.45, 2.75) is 6.54 Å². The summed E-state index contributed by atoms with van der Waals surface area (Å²) in [7, 11) is 0.